The highest BCUT2D eigenvalue weighted by Crippen LogP contribution is 2.30. The number of carbonyl (C=O) groups is 2. The summed E-state index contributed by atoms with van der Waals surface area (Å²) in [4.78, 5) is 25.4. The van der Waals surface area contributed by atoms with E-state index in [2.05, 4.69) is 0 Å². The molecule has 1 saturated carbocycles. The molecule has 25 heavy (non-hydrogen) atoms. The van der Waals surface area contributed by atoms with Crippen LogP contribution in [0.4, 0.5) is 0 Å². The van der Waals surface area contributed by atoms with Crippen LogP contribution in [0.3, 0.4) is 0 Å². The molecule has 0 spiro atoms. The number of carbonyl (C=O) groups excluding carboxylic acids is 1. The lowest BCUT2D eigenvalue weighted by Crippen LogP contribution is -2.54. The summed E-state index contributed by atoms with van der Waals surface area (Å²) in [7, 11) is -3.56. The second kappa shape index (κ2) is 8.49. The van der Waals surface area contributed by atoms with Crippen LogP contribution in [0, 0.1) is 5.92 Å². The second-order valence-electron chi connectivity index (χ2n) is 7.39. The lowest BCUT2D eigenvalue weighted by atomic mass is 10.0. The summed E-state index contributed by atoms with van der Waals surface area (Å²) >= 11 is 0. The minimum atomic E-state index is -3.56. The highest BCUT2D eigenvalue weighted by Gasteiger charge is 2.43. The topological polar surface area (TPSA) is 101 Å². The van der Waals surface area contributed by atoms with Crippen LogP contribution in [0.1, 0.15) is 52.4 Å². The molecule has 1 heterocycles. The molecule has 7 nitrogen and oxygen atoms in total. The molecule has 1 aliphatic carbocycles. The van der Waals surface area contributed by atoms with E-state index < -0.39 is 38.3 Å². The molecule has 144 valence electrons. The van der Waals surface area contributed by atoms with E-state index in [-0.39, 0.29) is 25.5 Å². The zero-order valence-electron chi connectivity index (χ0n) is 15.0. The SMILES string of the molecule is CC(C)C(C(=O)N1CCOC(CC(=O)O)C1)S(=O)(=O)C1CCCCC1. The van der Waals surface area contributed by atoms with Crippen LogP contribution in [-0.2, 0) is 24.2 Å². The van der Waals surface area contributed by atoms with Gasteiger partial charge in [0.15, 0.2) is 9.84 Å². The molecule has 0 aromatic rings. The van der Waals surface area contributed by atoms with Crippen molar-refractivity contribution in [2.24, 2.45) is 5.92 Å². The molecule has 0 bridgehead atoms. The minimum Gasteiger partial charge on any atom is -0.481 e. The van der Waals surface area contributed by atoms with Gasteiger partial charge in [0.25, 0.3) is 0 Å². The summed E-state index contributed by atoms with van der Waals surface area (Å²) in [5, 5.41) is 7.42. The fraction of sp³-hybridized carbons (Fsp3) is 0.882. The molecule has 2 rings (SSSR count). The number of amides is 1. The number of nitrogens with zero attached hydrogens (tertiary/aromatic N) is 1. The van der Waals surface area contributed by atoms with E-state index in [1.165, 1.54) is 4.90 Å². The Bertz CT molecular complexity index is 582. The van der Waals surface area contributed by atoms with Crippen molar-refractivity contribution in [2.75, 3.05) is 19.7 Å². The van der Waals surface area contributed by atoms with E-state index >= 15 is 0 Å². The minimum absolute atomic E-state index is 0.133. The van der Waals surface area contributed by atoms with Gasteiger partial charge >= 0.3 is 5.97 Å². The molecular formula is C17H29NO6S. The molecule has 0 aromatic carbocycles. The van der Waals surface area contributed by atoms with Crippen molar-refractivity contribution in [1.29, 1.82) is 0 Å². The lowest BCUT2D eigenvalue weighted by Gasteiger charge is -2.36. The first-order valence-electron chi connectivity index (χ1n) is 9.08. The Morgan fingerprint density at radius 1 is 1.20 bits per heavy atom. The first kappa shape index (κ1) is 20.2. The molecule has 8 heteroatoms. The molecule has 2 fully saturated rings. The van der Waals surface area contributed by atoms with Gasteiger partial charge in [-0.1, -0.05) is 33.1 Å². The zero-order chi connectivity index (χ0) is 18.6. The van der Waals surface area contributed by atoms with Gasteiger partial charge in [-0.2, -0.15) is 0 Å². The first-order chi connectivity index (χ1) is 11.7. The molecule has 0 radical (unpaired) electrons. The van der Waals surface area contributed by atoms with Gasteiger partial charge in [0.2, 0.25) is 5.91 Å². The van der Waals surface area contributed by atoms with Crippen LogP contribution in [0.2, 0.25) is 0 Å². The van der Waals surface area contributed by atoms with Gasteiger partial charge in [0.1, 0.15) is 5.25 Å². The Morgan fingerprint density at radius 2 is 1.84 bits per heavy atom. The number of rotatable bonds is 6. The van der Waals surface area contributed by atoms with Crippen LogP contribution in [0.5, 0.6) is 0 Å². The van der Waals surface area contributed by atoms with Gasteiger partial charge in [-0.3, -0.25) is 9.59 Å². The van der Waals surface area contributed by atoms with Crippen LogP contribution in [-0.4, -0.2) is 66.6 Å². The Morgan fingerprint density at radius 3 is 2.40 bits per heavy atom. The van der Waals surface area contributed by atoms with Crippen LogP contribution < -0.4 is 0 Å². The van der Waals surface area contributed by atoms with Crippen LogP contribution in [0.25, 0.3) is 0 Å². The molecule has 2 unspecified atom stereocenters. The largest absolute Gasteiger partial charge is 0.481 e. The maximum atomic E-state index is 13.1. The summed E-state index contributed by atoms with van der Waals surface area (Å²) in [6, 6.07) is 0. The maximum absolute atomic E-state index is 13.1. The molecule has 1 N–H and O–H groups in total. The zero-order valence-corrected chi connectivity index (χ0v) is 15.8. The van der Waals surface area contributed by atoms with E-state index in [1.807, 2.05) is 0 Å². The predicted octanol–water partition coefficient (Wildman–Crippen LogP) is 1.46. The van der Waals surface area contributed by atoms with Gasteiger partial charge in [0.05, 0.1) is 24.4 Å². The molecular weight excluding hydrogens is 346 g/mol. The fourth-order valence-corrected chi connectivity index (χ4v) is 6.42. The Balaban J connectivity index is 2.15. The third-order valence-corrected chi connectivity index (χ3v) is 7.93. The van der Waals surface area contributed by atoms with Gasteiger partial charge in [0, 0.05) is 13.1 Å². The summed E-state index contributed by atoms with van der Waals surface area (Å²) in [6.07, 6.45) is 3.31. The number of aliphatic carboxylic acids is 1. The van der Waals surface area contributed by atoms with Crippen molar-refractivity contribution in [3.63, 3.8) is 0 Å². The number of ether oxygens (including phenoxy) is 1. The standard InChI is InChI=1S/C17H29NO6S/c1-12(2)16(25(22,23)14-6-4-3-5-7-14)17(21)18-8-9-24-13(11-18)10-15(19)20/h12-14,16H,3-11H2,1-2H3,(H,19,20). The van der Waals surface area contributed by atoms with Gasteiger partial charge < -0.3 is 14.7 Å². The highest BCUT2D eigenvalue weighted by molar-refractivity contribution is 7.93. The van der Waals surface area contributed by atoms with E-state index in [0.29, 0.717) is 19.4 Å². The van der Waals surface area contributed by atoms with Crippen molar-refractivity contribution in [3.05, 3.63) is 0 Å². The van der Waals surface area contributed by atoms with Crippen molar-refractivity contribution < 1.29 is 27.9 Å². The van der Waals surface area contributed by atoms with E-state index in [9.17, 15) is 18.0 Å². The smallest absolute Gasteiger partial charge is 0.306 e. The van der Waals surface area contributed by atoms with Crippen LogP contribution in [0.15, 0.2) is 0 Å². The molecule has 2 aliphatic rings. The normalized spacial score (nSPS) is 24.3. The number of morpholine rings is 1. The second-order valence-corrected chi connectivity index (χ2v) is 9.74. The predicted molar refractivity (Wildman–Crippen MR) is 93.0 cm³/mol. The van der Waals surface area contributed by atoms with Crippen LogP contribution >= 0.6 is 0 Å². The van der Waals surface area contributed by atoms with Gasteiger partial charge in [-0.05, 0) is 18.8 Å². The number of carboxylic acid groups (broad SMARTS) is 1. The van der Waals surface area contributed by atoms with Crippen molar-refractivity contribution >= 4 is 21.7 Å². The van der Waals surface area contributed by atoms with E-state index in [4.69, 9.17) is 9.84 Å². The van der Waals surface area contributed by atoms with Gasteiger partial charge in [-0.25, -0.2) is 8.42 Å². The first-order valence-corrected chi connectivity index (χ1v) is 10.7. The third-order valence-electron chi connectivity index (χ3n) is 5.07. The van der Waals surface area contributed by atoms with Crippen molar-refractivity contribution in [3.8, 4) is 0 Å². The van der Waals surface area contributed by atoms with E-state index in [1.54, 1.807) is 13.8 Å². The lowest BCUT2D eigenvalue weighted by molar-refractivity contribution is -0.147. The molecule has 2 atom stereocenters. The average molecular weight is 375 g/mol. The van der Waals surface area contributed by atoms with E-state index in [0.717, 1.165) is 19.3 Å². The van der Waals surface area contributed by atoms with Gasteiger partial charge in [-0.15, -0.1) is 0 Å². The molecule has 0 aromatic heterocycles. The summed E-state index contributed by atoms with van der Waals surface area (Å²) < 4.78 is 31.6. The number of hydrogen-bond donors (Lipinski definition) is 1. The number of hydrogen-bond acceptors (Lipinski definition) is 5. The average Bonchev–Trinajstić information content (AvgIpc) is 2.54. The molecule has 1 saturated heterocycles. The fourth-order valence-electron chi connectivity index (χ4n) is 3.82. The van der Waals surface area contributed by atoms with Crippen molar-refractivity contribution in [1.82, 2.24) is 4.90 Å². The monoisotopic (exact) mass is 375 g/mol. The Hall–Kier alpha value is -1.15. The quantitative estimate of drug-likeness (QED) is 0.754. The Kier molecular flexibility index (Phi) is 6.85. The van der Waals surface area contributed by atoms with Crippen molar-refractivity contribution in [2.45, 2.75) is 69.0 Å². The number of sulfone groups is 1. The summed E-state index contributed by atoms with van der Waals surface area (Å²) in [5.74, 6) is -1.71. The molecule has 1 amide bonds. The number of carboxylic acids is 1. The summed E-state index contributed by atoms with van der Waals surface area (Å²) in [6.45, 7) is 4.20. The summed E-state index contributed by atoms with van der Waals surface area (Å²) in [5.41, 5.74) is 0. The highest BCUT2D eigenvalue weighted by atomic mass is 32.2. The Labute approximate surface area is 149 Å². The molecule has 1 aliphatic heterocycles. The maximum Gasteiger partial charge on any atom is 0.306 e. The third kappa shape index (κ3) is 4.94.